The van der Waals surface area contributed by atoms with E-state index < -0.39 is 0 Å². The molecule has 0 unspecified atom stereocenters. The molecule has 5 heteroatoms. The summed E-state index contributed by atoms with van der Waals surface area (Å²) in [7, 11) is 0. The smallest absolute Gasteiger partial charge is 0.319 e. The minimum absolute atomic E-state index is 0.344. The molecule has 5 nitrogen and oxygen atoms in total. The molecule has 0 spiro atoms. The molecule has 84 valence electrons. The zero-order valence-electron chi connectivity index (χ0n) is 8.98. The molecule has 0 amide bonds. The van der Waals surface area contributed by atoms with Crippen LogP contribution in [0.3, 0.4) is 0 Å². The molecule has 0 fully saturated rings. The van der Waals surface area contributed by atoms with Gasteiger partial charge in [-0.15, -0.1) is 0 Å². The number of aromatic nitrogens is 2. The molecule has 1 aromatic rings. The summed E-state index contributed by atoms with van der Waals surface area (Å²) >= 11 is 0. The first-order chi connectivity index (χ1) is 7.36. The van der Waals surface area contributed by atoms with Crippen LogP contribution in [0.5, 0.6) is 11.9 Å². The molecule has 2 N–H and O–H groups in total. The van der Waals surface area contributed by atoms with Crippen LogP contribution >= 0.6 is 0 Å². The lowest BCUT2D eigenvalue weighted by Crippen LogP contribution is -2.08. The minimum Gasteiger partial charge on any atom is -0.478 e. The maximum atomic E-state index is 5.35. The van der Waals surface area contributed by atoms with E-state index in [0.717, 1.165) is 12.8 Å². The van der Waals surface area contributed by atoms with Gasteiger partial charge in [0.15, 0.2) is 0 Å². The van der Waals surface area contributed by atoms with Gasteiger partial charge >= 0.3 is 6.01 Å². The summed E-state index contributed by atoms with van der Waals surface area (Å²) in [6.07, 6.45) is 3.37. The molecule has 0 aliphatic rings. The van der Waals surface area contributed by atoms with Crippen LogP contribution in [-0.2, 0) is 0 Å². The first kappa shape index (κ1) is 11.7. The Hall–Kier alpha value is -1.36. The fourth-order valence-electron chi connectivity index (χ4n) is 0.929. The van der Waals surface area contributed by atoms with Crippen LogP contribution in [0, 0.1) is 0 Å². The lowest BCUT2D eigenvalue weighted by atomic mass is 10.5. The van der Waals surface area contributed by atoms with Gasteiger partial charge in [-0.3, -0.25) is 0 Å². The van der Waals surface area contributed by atoms with Crippen LogP contribution in [0.4, 0.5) is 0 Å². The van der Waals surface area contributed by atoms with Gasteiger partial charge in [0.05, 0.1) is 13.2 Å². The van der Waals surface area contributed by atoms with E-state index in [1.165, 1.54) is 0 Å². The molecule has 0 saturated heterocycles. The molecule has 0 radical (unpaired) electrons. The second-order valence-corrected chi connectivity index (χ2v) is 3.02. The van der Waals surface area contributed by atoms with Crippen molar-refractivity contribution in [2.24, 2.45) is 5.73 Å². The van der Waals surface area contributed by atoms with Gasteiger partial charge < -0.3 is 15.2 Å². The van der Waals surface area contributed by atoms with E-state index in [9.17, 15) is 0 Å². The van der Waals surface area contributed by atoms with Crippen molar-refractivity contribution < 1.29 is 9.47 Å². The maximum Gasteiger partial charge on any atom is 0.319 e. The average molecular weight is 211 g/mol. The summed E-state index contributed by atoms with van der Waals surface area (Å²) in [6, 6.07) is 2.06. The quantitative estimate of drug-likeness (QED) is 0.681. The molecular weight excluding hydrogens is 194 g/mol. The van der Waals surface area contributed by atoms with Gasteiger partial charge in [-0.1, -0.05) is 6.92 Å². The number of nitrogens with two attached hydrogens (primary N) is 1. The number of rotatable bonds is 7. The lowest BCUT2D eigenvalue weighted by molar-refractivity contribution is 0.268. The molecule has 0 aliphatic carbocycles. The Morgan fingerprint density at radius 3 is 2.93 bits per heavy atom. The van der Waals surface area contributed by atoms with Crippen molar-refractivity contribution >= 4 is 0 Å². The van der Waals surface area contributed by atoms with Crippen LogP contribution in [-0.4, -0.2) is 29.7 Å². The summed E-state index contributed by atoms with van der Waals surface area (Å²) in [4.78, 5) is 8.05. The minimum atomic E-state index is 0.344. The Balaban J connectivity index is 2.42. The average Bonchev–Trinajstić information content (AvgIpc) is 2.27. The molecule has 1 rings (SSSR count). The first-order valence-electron chi connectivity index (χ1n) is 5.15. The zero-order valence-corrected chi connectivity index (χ0v) is 8.98. The van der Waals surface area contributed by atoms with Crippen molar-refractivity contribution in [2.45, 2.75) is 19.8 Å². The van der Waals surface area contributed by atoms with E-state index in [-0.39, 0.29) is 0 Å². The van der Waals surface area contributed by atoms with Crippen LogP contribution in [0.2, 0.25) is 0 Å². The van der Waals surface area contributed by atoms with E-state index in [1.807, 2.05) is 6.92 Å². The monoisotopic (exact) mass is 211 g/mol. The SMILES string of the molecule is CCCOc1ccnc(OCCCN)n1. The van der Waals surface area contributed by atoms with Crippen LogP contribution in [0.15, 0.2) is 12.3 Å². The third-order valence-corrected chi connectivity index (χ3v) is 1.64. The normalized spacial score (nSPS) is 10.0. The van der Waals surface area contributed by atoms with Gasteiger partial charge in [0.1, 0.15) is 0 Å². The second-order valence-electron chi connectivity index (χ2n) is 3.02. The van der Waals surface area contributed by atoms with Crippen LogP contribution in [0.1, 0.15) is 19.8 Å². The van der Waals surface area contributed by atoms with E-state index >= 15 is 0 Å². The second kappa shape index (κ2) is 7.00. The molecule has 1 aromatic heterocycles. The summed E-state index contributed by atoms with van der Waals surface area (Å²) in [5.41, 5.74) is 5.34. The Kier molecular flexibility index (Phi) is 5.47. The molecule has 1 heterocycles. The van der Waals surface area contributed by atoms with Gasteiger partial charge in [-0.05, 0) is 19.4 Å². The van der Waals surface area contributed by atoms with Crippen LogP contribution in [0.25, 0.3) is 0 Å². The standard InChI is InChI=1S/C10H17N3O2/c1-2-7-14-9-4-6-12-10(13-9)15-8-3-5-11/h4,6H,2-3,5,7-8,11H2,1H3. The molecule has 0 atom stereocenters. The van der Waals surface area contributed by atoms with E-state index in [2.05, 4.69) is 9.97 Å². The highest BCUT2D eigenvalue weighted by atomic mass is 16.5. The van der Waals surface area contributed by atoms with Gasteiger partial charge in [-0.2, -0.15) is 4.98 Å². The summed E-state index contributed by atoms with van der Waals surface area (Å²) in [5.74, 6) is 0.551. The molecule has 0 bridgehead atoms. The fraction of sp³-hybridized carbons (Fsp3) is 0.600. The first-order valence-corrected chi connectivity index (χ1v) is 5.15. The van der Waals surface area contributed by atoms with Crippen molar-refractivity contribution in [3.05, 3.63) is 12.3 Å². The Morgan fingerprint density at radius 2 is 2.20 bits per heavy atom. The van der Waals surface area contributed by atoms with Crippen LogP contribution < -0.4 is 15.2 Å². The van der Waals surface area contributed by atoms with Crippen molar-refractivity contribution in [1.29, 1.82) is 0 Å². The Morgan fingerprint density at radius 1 is 1.33 bits per heavy atom. The van der Waals surface area contributed by atoms with Gasteiger partial charge in [0.2, 0.25) is 5.88 Å². The van der Waals surface area contributed by atoms with E-state index in [1.54, 1.807) is 12.3 Å². The number of nitrogens with zero attached hydrogens (tertiary/aromatic N) is 2. The summed E-state index contributed by atoms with van der Waals surface area (Å²) in [6.45, 7) is 3.83. The van der Waals surface area contributed by atoms with Gasteiger partial charge in [-0.25, -0.2) is 4.98 Å². The molecule has 15 heavy (non-hydrogen) atoms. The predicted molar refractivity (Wildman–Crippen MR) is 57.0 cm³/mol. The summed E-state index contributed by atoms with van der Waals surface area (Å²) in [5, 5.41) is 0. The van der Waals surface area contributed by atoms with Crippen molar-refractivity contribution in [2.75, 3.05) is 19.8 Å². The third kappa shape index (κ3) is 4.60. The fourth-order valence-corrected chi connectivity index (χ4v) is 0.929. The van der Waals surface area contributed by atoms with E-state index in [0.29, 0.717) is 31.6 Å². The largest absolute Gasteiger partial charge is 0.478 e. The maximum absolute atomic E-state index is 5.35. The lowest BCUT2D eigenvalue weighted by Gasteiger charge is -2.05. The Labute approximate surface area is 89.6 Å². The third-order valence-electron chi connectivity index (χ3n) is 1.64. The molecule has 0 aliphatic heterocycles. The molecule has 0 aromatic carbocycles. The Bertz CT molecular complexity index is 281. The number of ether oxygens (including phenoxy) is 2. The van der Waals surface area contributed by atoms with Gasteiger partial charge in [0.25, 0.3) is 0 Å². The van der Waals surface area contributed by atoms with Crippen molar-refractivity contribution in [3.8, 4) is 11.9 Å². The zero-order chi connectivity index (χ0) is 10.9. The highest BCUT2D eigenvalue weighted by Crippen LogP contribution is 2.10. The summed E-state index contributed by atoms with van der Waals surface area (Å²) < 4.78 is 10.6. The highest BCUT2D eigenvalue weighted by Gasteiger charge is 2.00. The topological polar surface area (TPSA) is 70.3 Å². The number of hydrogen-bond acceptors (Lipinski definition) is 5. The van der Waals surface area contributed by atoms with Crippen molar-refractivity contribution in [3.63, 3.8) is 0 Å². The number of hydrogen-bond donors (Lipinski definition) is 1. The predicted octanol–water partition coefficient (Wildman–Crippen LogP) is 0.993. The van der Waals surface area contributed by atoms with Gasteiger partial charge in [0, 0.05) is 12.3 Å². The molecular formula is C10H17N3O2. The van der Waals surface area contributed by atoms with Crippen molar-refractivity contribution in [1.82, 2.24) is 9.97 Å². The van der Waals surface area contributed by atoms with E-state index in [4.69, 9.17) is 15.2 Å². The highest BCUT2D eigenvalue weighted by molar-refractivity contribution is 5.10. The molecule has 0 saturated carbocycles.